The first-order chi connectivity index (χ1) is 14.2. The van der Waals surface area contributed by atoms with Crippen molar-refractivity contribution in [3.63, 3.8) is 0 Å². The van der Waals surface area contributed by atoms with Gasteiger partial charge in [0.15, 0.2) is 0 Å². The van der Waals surface area contributed by atoms with Crippen molar-refractivity contribution < 1.29 is 28.5 Å². The van der Waals surface area contributed by atoms with Crippen LogP contribution in [0.3, 0.4) is 0 Å². The van der Waals surface area contributed by atoms with E-state index in [-0.39, 0.29) is 24.0 Å². The molecule has 0 aliphatic heterocycles. The molecule has 8 heteroatoms. The molecule has 0 unspecified atom stereocenters. The highest BCUT2D eigenvalue weighted by molar-refractivity contribution is 7.90. The summed E-state index contributed by atoms with van der Waals surface area (Å²) in [5, 5.41) is 30.6. The van der Waals surface area contributed by atoms with Crippen LogP contribution in [0.15, 0.2) is 24.3 Å². The summed E-state index contributed by atoms with van der Waals surface area (Å²) in [6.07, 6.45) is 11.7. The fourth-order valence-electron chi connectivity index (χ4n) is 3.71. The Balaban J connectivity index is 2.43. The molecule has 1 aliphatic rings. The Morgan fingerprint density at radius 3 is 2.53 bits per heavy atom. The zero-order chi connectivity index (χ0) is 22.6. The van der Waals surface area contributed by atoms with Gasteiger partial charge in [-0.2, -0.15) is 0 Å². The number of carbonyl (C=O) groups is 1. The van der Waals surface area contributed by atoms with Crippen LogP contribution in [-0.4, -0.2) is 53.7 Å². The summed E-state index contributed by atoms with van der Waals surface area (Å²) in [6.45, 7) is 3.59. The monoisotopic (exact) mass is 445 g/mol. The third-order valence-electron chi connectivity index (χ3n) is 5.57. The molecule has 0 spiro atoms. The highest BCUT2D eigenvalue weighted by atomic mass is 32.2. The molecule has 4 N–H and O–H groups in total. The van der Waals surface area contributed by atoms with E-state index in [1.807, 2.05) is 23.0 Å². The van der Waals surface area contributed by atoms with E-state index < -0.39 is 34.2 Å². The van der Waals surface area contributed by atoms with Crippen molar-refractivity contribution >= 4 is 15.9 Å². The van der Waals surface area contributed by atoms with Gasteiger partial charge in [0, 0.05) is 18.8 Å². The Morgan fingerprint density at radius 2 is 1.87 bits per heavy atom. The van der Waals surface area contributed by atoms with Crippen molar-refractivity contribution in [2.24, 2.45) is 11.8 Å². The van der Waals surface area contributed by atoms with Crippen LogP contribution in [0.1, 0.15) is 71.6 Å². The lowest BCUT2D eigenvalue weighted by Gasteiger charge is -2.19. The highest BCUT2D eigenvalue weighted by Crippen LogP contribution is 2.36. The predicted molar refractivity (Wildman–Crippen MR) is 118 cm³/mol. The van der Waals surface area contributed by atoms with E-state index in [0.29, 0.717) is 32.1 Å². The van der Waals surface area contributed by atoms with E-state index in [4.69, 9.17) is 0 Å². The van der Waals surface area contributed by atoms with Gasteiger partial charge in [-0.3, -0.25) is 9.52 Å². The summed E-state index contributed by atoms with van der Waals surface area (Å²) >= 11 is 0. The number of aliphatic hydroxyl groups excluding tert-OH is 3. The molecule has 0 aromatic carbocycles. The smallest absolute Gasteiger partial charge is 0.234 e. The SMILES string of the molecule is CCCCC[C@H](O)/C=C/[C@@H]1[C@@H](C/C=C\CCCC(=O)NS(=O)(=O)CC)[C@@H](O)C[C@H]1O. The molecule has 0 heterocycles. The number of hydrogen-bond donors (Lipinski definition) is 4. The quantitative estimate of drug-likeness (QED) is 0.240. The van der Waals surface area contributed by atoms with Gasteiger partial charge < -0.3 is 15.3 Å². The van der Waals surface area contributed by atoms with Crippen LogP contribution in [0.5, 0.6) is 0 Å². The van der Waals surface area contributed by atoms with Crippen molar-refractivity contribution in [3.05, 3.63) is 24.3 Å². The molecule has 1 fully saturated rings. The first-order valence-corrected chi connectivity index (χ1v) is 12.8. The molecule has 1 rings (SSSR count). The molecule has 7 nitrogen and oxygen atoms in total. The van der Waals surface area contributed by atoms with Gasteiger partial charge in [-0.25, -0.2) is 8.42 Å². The zero-order valence-corrected chi connectivity index (χ0v) is 19.1. The second-order valence-electron chi connectivity index (χ2n) is 8.09. The number of carbonyl (C=O) groups excluding carboxylic acids is 1. The van der Waals surface area contributed by atoms with Crippen LogP contribution in [0, 0.1) is 11.8 Å². The van der Waals surface area contributed by atoms with Crippen LogP contribution in [0.4, 0.5) is 0 Å². The van der Waals surface area contributed by atoms with Crippen molar-refractivity contribution in [3.8, 4) is 0 Å². The summed E-state index contributed by atoms with van der Waals surface area (Å²) < 4.78 is 24.7. The van der Waals surface area contributed by atoms with Crippen LogP contribution in [-0.2, 0) is 14.8 Å². The lowest BCUT2D eigenvalue weighted by atomic mass is 9.89. The predicted octanol–water partition coefficient (Wildman–Crippen LogP) is 2.42. The van der Waals surface area contributed by atoms with Gasteiger partial charge in [0.25, 0.3) is 0 Å². The molecule has 0 radical (unpaired) electrons. The second-order valence-corrected chi connectivity index (χ2v) is 10.1. The third-order valence-corrected chi connectivity index (χ3v) is 6.87. The van der Waals surface area contributed by atoms with Crippen LogP contribution in [0.25, 0.3) is 0 Å². The van der Waals surface area contributed by atoms with Crippen molar-refractivity contribution in [1.82, 2.24) is 4.72 Å². The van der Waals surface area contributed by atoms with E-state index in [0.717, 1.165) is 19.3 Å². The van der Waals surface area contributed by atoms with E-state index in [1.165, 1.54) is 6.92 Å². The van der Waals surface area contributed by atoms with Gasteiger partial charge in [-0.15, -0.1) is 0 Å². The van der Waals surface area contributed by atoms with Gasteiger partial charge in [0.1, 0.15) is 0 Å². The molecular formula is C22H39NO6S. The minimum absolute atomic E-state index is 0.117. The first-order valence-electron chi connectivity index (χ1n) is 11.1. The maximum absolute atomic E-state index is 11.6. The maximum Gasteiger partial charge on any atom is 0.234 e. The van der Waals surface area contributed by atoms with Crippen molar-refractivity contribution in [2.75, 3.05) is 5.75 Å². The Morgan fingerprint density at radius 1 is 1.13 bits per heavy atom. The first kappa shape index (κ1) is 26.8. The number of amides is 1. The number of nitrogens with one attached hydrogen (secondary N) is 1. The minimum atomic E-state index is -3.51. The maximum atomic E-state index is 11.6. The molecule has 0 saturated heterocycles. The molecule has 0 bridgehead atoms. The molecule has 1 amide bonds. The number of hydrogen-bond acceptors (Lipinski definition) is 6. The molecule has 5 atom stereocenters. The molecular weight excluding hydrogens is 406 g/mol. The van der Waals surface area contributed by atoms with Gasteiger partial charge in [0.2, 0.25) is 15.9 Å². The molecule has 1 saturated carbocycles. The van der Waals surface area contributed by atoms with Crippen molar-refractivity contribution in [2.45, 2.75) is 89.9 Å². The second kappa shape index (κ2) is 14.0. The van der Waals surface area contributed by atoms with Crippen molar-refractivity contribution in [1.29, 1.82) is 0 Å². The minimum Gasteiger partial charge on any atom is -0.393 e. The van der Waals surface area contributed by atoms with Crippen LogP contribution in [0.2, 0.25) is 0 Å². The van der Waals surface area contributed by atoms with Gasteiger partial charge in [-0.05, 0) is 38.5 Å². The fraction of sp³-hybridized carbons (Fsp3) is 0.773. The fourth-order valence-corrected chi connectivity index (χ4v) is 4.30. The number of rotatable bonds is 14. The number of unbranched alkanes of at least 4 members (excludes halogenated alkanes) is 3. The van der Waals surface area contributed by atoms with E-state index >= 15 is 0 Å². The average molecular weight is 446 g/mol. The van der Waals surface area contributed by atoms with E-state index in [9.17, 15) is 28.5 Å². The Hall–Kier alpha value is -1.22. The largest absolute Gasteiger partial charge is 0.393 e. The summed E-state index contributed by atoms with van der Waals surface area (Å²) in [5.74, 6) is -0.939. The summed E-state index contributed by atoms with van der Waals surface area (Å²) in [5.41, 5.74) is 0. The number of allylic oxidation sites excluding steroid dienone is 2. The lowest BCUT2D eigenvalue weighted by molar-refractivity contribution is -0.119. The third kappa shape index (κ3) is 10.2. The van der Waals surface area contributed by atoms with Gasteiger partial charge in [0.05, 0.1) is 24.1 Å². The summed E-state index contributed by atoms with van der Waals surface area (Å²) in [4.78, 5) is 11.6. The van der Waals surface area contributed by atoms with E-state index in [2.05, 4.69) is 6.92 Å². The number of aliphatic hydroxyl groups is 3. The van der Waals surface area contributed by atoms with Gasteiger partial charge >= 0.3 is 0 Å². The molecule has 174 valence electrons. The Bertz CT molecular complexity index is 661. The lowest BCUT2D eigenvalue weighted by Crippen LogP contribution is -2.31. The highest BCUT2D eigenvalue weighted by Gasteiger charge is 2.39. The molecule has 0 aromatic rings. The Kier molecular flexibility index (Phi) is 12.5. The molecule has 30 heavy (non-hydrogen) atoms. The van der Waals surface area contributed by atoms with E-state index in [1.54, 1.807) is 6.08 Å². The Labute approximate surface area is 181 Å². The molecule has 1 aliphatic carbocycles. The summed E-state index contributed by atoms with van der Waals surface area (Å²) in [7, 11) is -3.51. The normalized spacial score (nSPS) is 25.9. The van der Waals surface area contributed by atoms with Crippen LogP contribution < -0.4 is 4.72 Å². The number of sulfonamides is 1. The average Bonchev–Trinajstić information content (AvgIpc) is 2.95. The van der Waals surface area contributed by atoms with Gasteiger partial charge in [-0.1, -0.05) is 50.5 Å². The van der Waals surface area contributed by atoms with Crippen LogP contribution >= 0.6 is 0 Å². The topological polar surface area (TPSA) is 124 Å². The standard InChI is InChI=1S/C22H39NO6S/c1-3-5-8-11-17(24)14-15-19-18(20(25)16-21(19)26)12-9-6-7-10-13-22(27)23-30(28,29)4-2/h6,9,14-15,17-21,24-26H,3-5,7-8,10-13,16H2,1-2H3,(H,23,27)/b9-6-,15-14+/t17-,18+,19+,20-,21+/m0/s1. The molecule has 0 aromatic heterocycles. The summed E-state index contributed by atoms with van der Waals surface area (Å²) in [6, 6.07) is 0. The zero-order valence-electron chi connectivity index (χ0n) is 18.2.